The van der Waals surface area contributed by atoms with Crippen LogP contribution in [0.5, 0.6) is 5.75 Å². The maximum Gasteiger partial charge on any atom is 0.160 e. The number of hydrogen-bond donors (Lipinski definition) is 0. The van der Waals surface area contributed by atoms with E-state index in [1.807, 2.05) is 24.3 Å². The van der Waals surface area contributed by atoms with Crippen LogP contribution >= 0.6 is 11.6 Å². The average Bonchev–Trinajstić information content (AvgIpc) is 2.29. The lowest BCUT2D eigenvalue weighted by Crippen LogP contribution is -1.89. The molecule has 0 N–H and O–H groups in total. The molecule has 1 aromatic heterocycles. The fraction of sp³-hybridized carbons (Fsp3) is 0.0909. The van der Waals surface area contributed by atoms with Gasteiger partial charge in [0.1, 0.15) is 10.9 Å². The second kappa shape index (κ2) is 4.28. The van der Waals surface area contributed by atoms with Gasteiger partial charge in [0.2, 0.25) is 0 Å². The van der Waals surface area contributed by atoms with Gasteiger partial charge in [0.05, 0.1) is 7.11 Å². The number of benzene rings is 1. The van der Waals surface area contributed by atoms with Crippen molar-refractivity contribution in [2.24, 2.45) is 0 Å². The molecule has 1 aromatic carbocycles. The van der Waals surface area contributed by atoms with Crippen LogP contribution in [0.1, 0.15) is 0 Å². The molecule has 0 saturated carbocycles. The molecular weight excluding hydrogens is 212 g/mol. The van der Waals surface area contributed by atoms with E-state index in [4.69, 9.17) is 16.3 Å². The Kier molecular flexibility index (Phi) is 2.83. The van der Waals surface area contributed by atoms with Crippen LogP contribution in [0.2, 0.25) is 5.15 Å². The van der Waals surface area contributed by atoms with Gasteiger partial charge in [0.25, 0.3) is 0 Å². The maximum atomic E-state index is 5.79. The van der Waals surface area contributed by atoms with Crippen molar-refractivity contribution in [2.45, 2.75) is 0 Å². The maximum absolute atomic E-state index is 5.79. The van der Waals surface area contributed by atoms with Gasteiger partial charge in [0.15, 0.2) is 5.82 Å². The van der Waals surface area contributed by atoms with E-state index >= 15 is 0 Å². The zero-order valence-electron chi connectivity index (χ0n) is 8.14. The van der Waals surface area contributed by atoms with E-state index in [9.17, 15) is 0 Å². The third kappa shape index (κ3) is 2.25. The van der Waals surface area contributed by atoms with Gasteiger partial charge in [-0.15, -0.1) is 0 Å². The molecule has 0 amide bonds. The van der Waals surface area contributed by atoms with Crippen LogP contribution in [0.3, 0.4) is 0 Å². The zero-order valence-corrected chi connectivity index (χ0v) is 8.90. The fourth-order valence-electron chi connectivity index (χ4n) is 1.24. The van der Waals surface area contributed by atoms with Crippen LogP contribution in [0, 0.1) is 0 Å². The molecule has 2 aromatic rings. The molecule has 0 unspecified atom stereocenters. The number of halogens is 1. The average molecular weight is 221 g/mol. The first-order valence-electron chi connectivity index (χ1n) is 4.42. The van der Waals surface area contributed by atoms with E-state index in [0.29, 0.717) is 11.0 Å². The van der Waals surface area contributed by atoms with Gasteiger partial charge in [-0.05, 0) is 18.2 Å². The predicted molar refractivity (Wildman–Crippen MR) is 59.0 cm³/mol. The highest BCUT2D eigenvalue weighted by Crippen LogP contribution is 2.21. The molecule has 0 saturated heterocycles. The molecule has 0 fully saturated rings. The molecule has 3 nitrogen and oxygen atoms in total. The molecule has 0 aliphatic heterocycles. The van der Waals surface area contributed by atoms with Gasteiger partial charge < -0.3 is 4.74 Å². The van der Waals surface area contributed by atoms with Crippen molar-refractivity contribution >= 4 is 11.6 Å². The van der Waals surface area contributed by atoms with Crippen molar-refractivity contribution in [3.63, 3.8) is 0 Å². The van der Waals surface area contributed by atoms with Crippen molar-refractivity contribution in [3.05, 3.63) is 41.7 Å². The summed E-state index contributed by atoms with van der Waals surface area (Å²) in [7, 11) is 1.62. The summed E-state index contributed by atoms with van der Waals surface area (Å²) >= 11 is 5.79. The highest BCUT2D eigenvalue weighted by Gasteiger charge is 2.02. The lowest BCUT2D eigenvalue weighted by Gasteiger charge is -2.03. The van der Waals surface area contributed by atoms with Crippen molar-refractivity contribution < 1.29 is 4.74 Å². The molecular formula is C11H9ClN2O. The van der Waals surface area contributed by atoms with Crippen LogP contribution in [0.4, 0.5) is 0 Å². The van der Waals surface area contributed by atoms with Crippen molar-refractivity contribution in [3.8, 4) is 17.1 Å². The van der Waals surface area contributed by atoms with Crippen molar-refractivity contribution in [2.75, 3.05) is 7.11 Å². The Labute approximate surface area is 92.7 Å². The first kappa shape index (κ1) is 9.93. The SMILES string of the molecule is COc1cccc(-c2nccc(Cl)n2)c1. The Morgan fingerprint density at radius 3 is 2.87 bits per heavy atom. The lowest BCUT2D eigenvalue weighted by molar-refractivity contribution is 0.415. The smallest absolute Gasteiger partial charge is 0.160 e. The quantitative estimate of drug-likeness (QED) is 0.730. The summed E-state index contributed by atoms with van der Waals surface area (Å²) in [5.74, 6) is 1.37. The van der Waals surface area contributed by atoms with Gasteiger partial charge in [-0.1, -0.05) is 23.7 Å². The predicted octanol–water partition coefficient (Wildman–Crippen LogP) is 2.81. The molecule has 76 valence electrons. The van der Waals surface area contributed by atoms with E-state index in [-0.39, 0.29) is 0 Å². The summed E-state index contributed by atoms with van der Waals surface area (Å²) in [4.78, 5) is 8.25. The number of rotatable bonds is 2. The summed E-state index contributed by atoms with van der Waals surface area (Å²) in [6.45, 7) is 0. The third-order valence-electron chi connectivity index (χ3n) is 1.95. The minimum Gasteiger partial charge on any atom is -0.497 e. The molecule has 4 heteroatoms. The number of hydrogen-bond acceptors (Lipinski definition) is 3. The van der Waals surface area contributed by atoms with E-state index in [1.165, 1.54) is 0 Å². The van der Waals surface area contributed by atoms with E-state index < -0.39 is 0 Å². The topological polar surface area (TPSA) is 35.0 Å². The van der Waals surface area contributed by atoms with E-state index in [2.05, 4.69) is 9.97 Å². The van der Waals surface area contributed by atoms with E-state index in [1.54, 1.807) is 19.4 Å². The minimum absolute atomic E-state index is 0.433. The number of ether oxygens (including phenoxy) is 1. The first-order chi connectivity index (χ1) is 7.29. The highest BCUT2D eigenvalue weighted by molar-refractivity contribution is 6.29. The van der Waals surface area contributed by atoms with Crippen LogP contribution in [-0.2, 0) is 0 Å². The van der Waals surface area contributed by atoms with Gasteiger partial charge in [0, 0.05) is 11.8 Å². The largest absolute Gasteiger partial charge is 0.497 e. The van der Waals surface area contributed by atoms with Crippen LogP contribution < -0.4 is 4.74 Å². The standard InChI is InChI=1S/C11H9ClN2O/c1-15-9-4-2-3-8(7-9)11-13-6-5-10(12)14-11/h2-7H,1H3. The zero-order chi connectivity index (χ0) is 10.7. The second-order valence-electron chi connectivity index (χ2n) is 2.93. The highest BCUT2D eigenvalue weighted by atomic mass is 35.5. The molecule has 0 radical (unpaired) electrons. The summed E-state index contributed by atoms with van der Waals surface area (Å²) in [6, 6.07) is 9.18. The normalized spacial score (nSPS) is 10.0. The van der Waals surface area contributed by atoms with Crippen LogP contribution in [0.15, 0.2) is 36.5 Å². The molecule has 0 aliphatic carbocycles. The lowest BCUT2D eigenvalue weighted by atomic mass is 10.2. The van der Waals surface area contributed by atoms with Gasteiger partial charge in [-0.25, -0.2) is 9.97 Å². The van der Waals surface area contributed by atoms with Crippen molar-refractivity contribution in [1.29, 1.82) is 0 Å². The summed E-state index contributed by atoms with van der Waals surface area (Å²) < 4.78 is 5.12. The van der Waals surface area contributed by atoms with E-state index in [0.717, 1.165) is 11.3 Å². The second-order valence-corrected chi connectivity index (χ2v) is 3.32. The molecule has 0 atom stereocenters. The third-order valence-corrected chi connectivity index (χ3v) is 2.16. The number of aromatic nitrogens is 2. The first-order valence-corrected chi connectivity index (χ1v) is 4.80. The Hall–Kier alpha value is -1.61. The summed E-state index contributed by atoms with van der Waals surface area (Å²) in [6.07, 6.45) is 1.63. The van der Waals surface area contributed by atoms with Gasteiger partial charge >= 0.3 is 0 Å². The Morgan fingerprint density at radius 1 is 1.27 bits per heavy atom. The molecule has 0 bridgehead atoms. The number of methoxy groups -OCH3 is 1. The Morgan fingerprint density at radius 2 is 2.13 bits per heavy atom. The Balaban J connectivity index is 2.44. The van der Waals surface area contributed by atoms with Crippen LogP contribution in [-0.4, -0.2) is 17.1 Å². The fourth-order valence-corrected chi connectivity index (χ4v) is 1.37. The monoisotopic (exact) mass is 220 g/mol. The minimum atomic E-state index is 0.433. The van der Waals surface area contributed by atoms with Crippen LogP contribution in [0.25, 0.3) is 11.4 Å². The molecule has 0 aliphatic rings. The molecule has 15 heavy (non-hydrogen) atoms. The number of nitrogens with zero attached hydrogens (tertiary/aromatic N) is 2. The van der Waals surface area contributed by atoms with Crippen molar-refractivity contribution in [1.82, 2.24) is 9.97 Å². The molecule has 0 spiro atoms. The van der Waals surface area contributed by atoms with Gasteiger partial charge in [-0.3, -0.25) is 0 Å². The van der Waals surface area contributed by atoms with Gasteiger partial charge in [-0.2, -0.15) is 0 Å². The molecule has 2 rings (SSSR count). The Bertz CT molecular complexity index is 474. The summed E-state index contributed by atoms with van der Waals surface area (Å²) in [5, 5.41) is 0.433. The summed E-state index contributed by atoms with van der Waals surface area (Å²) in [5.41, 5.74) is 0.886. The molecule has 1 heterocycles.